The smallest absolute Gasteiger partial charge is 0.337 e. The largest absolute Gasteiger partial charge is 0.337 e. The van der Waals surface area contributed by atoms with Crippen LogP contribution in [0.2, 0.25) is 0 Å². The van der Waals surface area contributed by atoms with E-state index in [0.717, 1.165) is 27.1 Å². The van der Waals surface area contributed by atoms with Gasteiger partial charge in [-0.25, -0.2) is 9.36 Å². The summed E-state index contributed by atoms with van der Waals surface area (Å²) in [6.45, 7) is 6.99. The minimum Gasteiger partial charge on any atom is -0.337 e. The number of amides is 1. The van der Waals surface area contributed by atoms with E-state index in [-0.39, 0.29) is 17.2 Å². The summed E-state index contributed by atoms with van der Waals surface area (Å²) < 4.78 is 3.01. The van der Waals surface area contributed by atoms with Crippen LogP contribution in [0.15, 0.2) is 58.1 Å². The average Bonchev–Trinajstić information content (AvgIpc) is 3.17. The third kappa shape index (κ3) is 3.72. The molecule has 5 rings (SSSR count). The highest BCUT2D eigenvalue weighted by Gasteiger charge is 2.27. The van der Waals surface area contributed by atoms with E-state index in [2.05, 4.69) is 6.07 Å². The monoisotopic (exact) mass is 459 g/mol. The van der Waals surface area contributed by atoms with Crippen LogP contribution in [0.5, 0.6) is 0 Å². The molecule has 0 saturated heterocycles. The molecule has 2 aromatic carbocycles. The van der Waals surface area contributed by atoms with E-state index >= 15 is 0 Å². The fraction of sp³-hybridized carbons (Fsp3) is 0.269. The zero-order valence-corrected chi connectivity index (χ0v) is 19.7. The van der Waals surface area contributed by atoms with Crippen molar-refractivity contribution in [2.24, 2.45) is 0 Å². The quantitative estimate of drug-likeness (QED) is 0.468. The molecule has 4 aromatic rings. The van der Waals surface area contributed by atoms with Crippen molar-refractivity contribution >= 4 is 27.5 Å². The third-order valence-electron chi connectivity index (χ3n) is 6.28. The maximum Gasteiger partial charge on any atom is 0.337 e. The minimum atomic E-state index is -0.347. The van der Waals surface area contributed by atoms with Gasteiger partial charge in [0, 0.05) is 18.3 Å². The second kappa shape index (κ2) is 8.15. The highest BCUT2D eigenvalue weighted by Crippen LogP contribution is 2.33. The second-order valence-electron chi connectivity index (χ2n) is 8.71. The van der Waals surface area contributed by atoms with Crippen LogP contribution in [0, 0.1) is 13.8 Å². The summed E-state index contributed by atoms with van der Waals surface area (Å²) in [6, 6.07) is 15.5. The van der Waals surface area contributed by atoms with Crippen LogP contribution in [0.1, 0.15) is 34.1 Å². The van der Waals surface area contributed by atoms with E-state index in [1.807, 2.05) is 56.3 Å². The highest BCUT2D eigenvalue weighted by atomic mass is 32.1. The zero-order valence-electron chi connectivity index (χ0n) is 18.9. The fourth-order valence-corrected chi connectivity index (χ4v) is 5.88. The van der Waals surface area contributed by atoms with Crippen LogP contribution in [0.3, 0.4) is 0 Å². The number of carbonyl (C=O) groups is 1. The molecule has 168 valence electrons. The number of aromatic nitrogens is 2. The summed E-state index contributed by atoms with van der Waals surface area (Å²) in [5.74, 6) is 0.0207. The van der Waals surface area contributed by atoms with E-state index < -0.39 is 0 Å². The molecule has 7 heteroatoms. The normalized spacial score (nSPS) is 13.4. The van der Waals surface area contributed by atoms with Gasteiger partial charge in [-0.1, -0.05) is 47.5 Å². The minimum absolute atomic E-state index is 0.0207. The lowest BCUT2D eigenvalue weighted by atomic mass is 10.1. The fourth-order valence-electron chi connectivity index (χ4n) is 4.53. The van der Waals surface area contributed by atoms with Gasteiger partial charge in [0.05, 0.1) is 24.2 Å². The average molecular weight is 460 g/mol. The van der Waals surface area contributed by atoms with E-state index in [1.54, 1.807) is 16.4 Å². The van der Waals surface area contributed by atoms with Gasteiger partial charge >= 0.3 is 5.69 Å². The van der Waals surface area contributed by atoms with Crippen LogP contribution in [-0.2, 0) is 24.3 Å². The molecule has 1 aliphatic rings. The van der Waals surface area contributed by atoms with Crippen LogP contribution in [-0.4, -0.2) is 26.5 Å². The van der Waals surface area contributed by atoms with Crippen molar-refractivity contribution in [1.29, 1.82) is 0 Å². The Balaban J connectivity index is 1.79. The van der Waals surface area contributed by atoms with E-state index in [0.29, 0.717) is 42.0 Å². The molecule has 2 aromatic heterocycles. The first-order chi connectivity index (χ1) is 15.8. The van der Waals surface area contributed by atoms with Crippen molar-refractivity contribution in [3.05, 3.63) is 96.5 Å². The number of hydrogen-bond acceptors (Lipinski definition) is 4. The Bertz CT molecular complexity index is 1510. The van der Waals surface area contributed by atoms with Gasteiger partial charge in [-0.3, -0.25) is 14.2 Å². The van der Waals surface area contributed by atoms with Gasteiger partial charge in [0.15, 0.2) is 0 Å². The van der Waals surface area contributed by atoms with E-state index in [9.17, 15) is 14.4 Å². The van der Waals surface area contributed by atoms with Gasteiger partial charge in [-0.2, -0.15) is 0 Å². The number of aryl methyl sites for hydroxylation is 2. The lowest BCUT2D eigenvalue weighted by Crippen LogP contribution is -2.39. The lowest BCUT2D eigenvalue weighted by molar-refractivity contribution is -0.129. The Morgan fingerprint density at radius 1 is 1.03 bits per heavy atom. The Morgan fingerprint density at radius 3 is 2.48 bits per heavy atom. The van der Waals surface area contributed by atoms with Crippen molar-refractivity contribution in [1.82, 2.24) is 14.0 Å². The molecule has 0 unspecified atom stereocenters. The number of carbonyl (C=O) groups excluding carboxylic acids is 1. The van der Waals surface area contributed by atoms with Crippen LogP contribution in [0.4, 0.5) is 0 Å². The number of rotatable bonds is 3. The number of hydrogen-bond donors (Lipinski definition) is 0. The number of nitrogens with zero attached hydrogens (tertiary/aromatic N) is 3. The number of fused-ring (bicyclic) bond motifs is 3. The molecule has 6 nitrogen and oxygen atoms in total. The summed E-state index contributed by atoms with van der Waals surface area (Å²) in [4.78, 5) is 42.9. The summed E-state index contributed by atoms with van der Waals surface area (Å²) in [5.41, 5.74) is 4.08. The summed E-state index contributed by atoms with van der Waals surface area (Å²) in [6.07, 6.45) is 0.612. The molecule has 0 saturated carbocycles. The molecule has 1 amide bonds. The Hall–Kier alpha value is -3.45. The van der Waals surface area contributed by atoms with Crippen LogP contribution in [0.25, 0.3) is 15.9 Å². The van der Waals surface area contributed by atoms with Crippen molar-refractivity contribution < 1.29 is 4.79 Å². The van der Waals surface area contributed by atoms with E-state index in [4.69, 9.17) is 0 Å². The summed E-state index contributed by atoms with van der Waals surface area (Å²) in [7, 11) is 0. The van der Waals surface area contributed by atoms with Gasteiger partial charge in [0.2, 0.25) is 5.91 Å². The first-order valence-electron chi connectivity index (χ1n) is 11.0. The molecule has 0 radical (unpaired) electrons. The second-order valence-corrected chi connectivity index (χ2v) is 9.79. The maximum atomic E-state index is 13.7. The molecule has 3 heterocycles. The number of thiophene rings is 1. The van der Waals surface area contributed by atoms with Crippen molar-refractivity contribution in [2.75, 3.05) is 6.54 Å². The number of benzene rings is 2. The molecule has 0 bridgehead atoms. The molecule has 0 atom stereocenters. The van der Waals surface area contributed by atoms with Gasteiger partial charge in [0.25, 0.3) is 5.56 Å². The van der Waals surface area contributed by atoms with Crippen molar-refractivity contribution in [3.8, 4) is 5.69 Å². The molecular weight excluding hydrogens is 434 g/mol. The van der Waals surface area contributed by atoms with Crippen molar-refractivity contribution in [2.45, 2.75) is 40.3 Å². The van der Waals surface area contributed by atoms with Gasteiger partial charge in [-0.15, -0.1) is 11.3 Å². The SMILES string of the molecule is CC(=O)N1CCc2c(sc3c2c(=O)n(-c2ccc(C)cc2)c(=O)n3Cc2cccc(C)c2)C1. The Morgan fingerprint density at radius 2 is 1.79 bits per heavy atom. The predicted octanol–water partition coefficient (Wildman–Crippen LogP) is 3.78. The Labute approximate surface area is 195 Å². The van der Waals surface area contributed by atoms with Gasteiger partial charge in [-0.05, 0) is 43.5 Å². The maximum absolute atomic E-state index is 13.7. The standard InChI is InChI=1S/C26H25N3O3S/c1-16-7-9-20(10-8-16)29-24(31)23-21-11-12-27(18(3)30)15-22(21)33-25(23)28(26(29)32)14-19-6-4-5-17(2)13-19/h4-10,13H,11-12,14-15H2,1-3H3. The van der Waals surface area contributed by atoms with Gasteiger partial charge in [0.1, 0.15) is 4.83 Å². The molecule has 1 aliphatic heterocycles. The van der Waals surface area contributed by atoms with E-state index in [1.165, 1.54) is 15.9 Å². The first-order valence-corrected chi connectivity index (χ1v) is 11.8. The van der Waals surface area contributed by atoms with Gasteiger partial charge < -0.3 is 4.90 Å². The third-order valence-corrected chi connectivity index (χ3v) is 7.52. The lowest BCUT2D eigenvalue weighted by Gasteiger charge is -2.25. The molecule has 0 N–H and O–H groups in total. The predicted molar refractivity (Wildman–Crippen MR) is 131 cm³/mol. The van der Waals surface area contributed by atoms with Crippen molar-refractivity contribution in [3.63, 3.8) is 0 Å². The topological polar surface area (TPSA) is 64.3 Å². The van der Waals surface area contributed by atoms with Crippen LogP contribution >= 0.6 is 11.3 Å². The molecule has 0 fully saturated rings. The molecule has 0 spiro atoms. The summed E-state index contributed by atoms with van der Waals surface area (Å²) in [5, 5.41) is 0.603. The molecular formula is C26H25N3O3S. The summed E-state index contributed by atoms with van der Waals surface area (Å²) >= 11 is 1.46. The molecule has 0 aliphatic carbocycles. The molecule has 33 heavy (non-hydrogen) atoms. The highest BCUT2D eigenvalue weighted by molar-refractivity contribution is 7.18. The Kier molecular flexibility index (Phi) is 5.29. The van der Waals surface area contributed by atoms with Crippen LogP contribution < -0.4 is 11.2 Å². The first kappa shape index (κ1) is 21.4. The zero-order chi connectivity index (χ0) is 23.3.